The molecule has 5 atom stereocenters. The molecular formula is C23H38OSi. The van der Waals surface area contributed by atoms with E-state index in [2.05, 4.69) is 40.4 Å². The second-order valence-electron chi connectivity index (χ2n) is 11.1. The Labute approximate surface area is 156 Å². The lowest BCUT2D eigenvalue weighted by Gasteiger charge is -2.56. The molecule has 0 spiro atoms. The van der Waals surface area contributed by atoms with Gasteiger partial charge in [0, 0.05) is 0 Å². The summed E-state index contributed by atoms with van der Waals surface area (Å²) in [6, 6.07) is 0. The number of aliphatic hydroxyl groups excluding tert-OH is 1. The summed E-state index contributed by atoms with van der Waals surface area (Å²) in [4.78, 5) is 0. The molecule has 25 heavy (non-hydrogen) atoms. The molecule has 0 aromatic rings. The maximum atomic E-state index is 11.0. The topological polar surface area (TPSA) is 20.2 Å². The average molecular weight is 359 g/mol. The normalized spacial score (nSPS) is 42.4. The first-order chi connectivity index (χ1) is 11.6. The number of rotatable bonds is 2. The molecule has 4 aliphatic carbocycles. The zero-order valence-corrected chi connectivity index (χ0v) is 18.3. The van der Waals surface area contributed by atoms with Crippen LogP contribution in [-0.4, -0.2) is 19.3 Å². The van der Waals surface area contributed by atoms with Crippen molar-refractivity contribution in [2.45, 2.75) is 91.5 Å². The van der Waals surface area contributed by atoms with Crippen molar-refractivity contribution in [1.82, 2.24) is 0 Å². The van der Waals surface area contributed by atoms with E-state index in [1.54, 1.807) is 16.7 Å². The summed E-state index contributed by atoms with van der Waals surface area (Å²) in [5.41, 5.74) is 5.35. The molecule has 140 valence electrons. The number of aliphatic hydroxyl groups is 1. The van der Waals surface area contributed by atoms with E-state index in [1.165, 1.54) is 38.5 Å². The van der Waals surface area contributed by atoms with E-state index in [1.807, 2.05) is 5.20 Å². The first-order valence-corrected chi connectivity index (χ1v) is 14.2. The Balaban J connectivity index is 1.82. The summed E-state index contributed by atoms with van der Waals surface area (Å²) < 4.78 is 0. The predicted octanol–water partition coefficient (Wildman–Crippen LogP) is 6.11. The molecule has 0 amide bonds. The van der Waals surface area contributed by atoms with Crippen LogP contribution in [-0.2, 0) is 0 Å². The summed E-state index contributed by atoms with van der Waals surface area (Å²) in [6.45, 7) is 15.1. The number of hydrogen-bond donors (Lipinski definition) is 1. The van der Waals surface area contributed by atoms with E-state index >= 15 is 0 Å². The first-order valence-electron chi connectivity index (χ1n) is 10.7. The van der Waals surface area contributed by atoms with Crippen molar-refractivity contribution in [3.05, 3.63) is 21.9 Å². The van der Waals surface area contributed by atoms with Gasteiger partial charge in [-0.2, -0.15) is 0 Å². The van der Waals surface area contributed by atoms with Crippen LogP contribution in [0.4, 0.5) is 0 Å². The average Bonchev–Trinajstić information content (AvgIpc) is 3.33. The zero-order valence-electron chi connectivity index (χ0n) is 17.3. The van der Waals surface area contributed by atoms with Crippen molar-refractivity contribution in [1.29, 1.82) is 0 Å². The molecule has 1 unspecified atom stereocenters. The van der Waals surface area contributed by atoms with Crippen molar-refractivity contribution in [3.8, 4) is 0 Å². The summed E-state index contributed by atoms with van der Waals surface area (Å²) in [5.74, 6) is 2.88. The third kappa shape index (κ3) is 2.83. The lowest BCUT2D eigenvalue weighted by Crippen LogP contribution is -2.51. The Kier molecular flexibility index (Phi) is 4.20. The van der Waals surface area contributed by atoms with Crippen LogP contribution in [0.2, 0.25) is 19.6 Å². The Bertz CT molecular complexity index is 633. The molecule has 0 aromatic heterocycles. The van der Waals surface area contributed by atoms with E-state index < -0.39 is 8.07 Å². The Morgan fingerprint density at radius 2 is 1.76 bits per heavy atom. The summed E-state index contributed by atoms with van der Waals surface area (Å²) in [6.07, 6.45) is 8.89. The maximum Gasteiger partial charge on any atom is 0.0728 e. The van der Waals surface area contributed by atoms with Gasteiger partial charge in [-0.3, -0.25) is 0 Å². The fraction of sp³-hybridized carbons (Fsp3) is 0.826. The smallest absolute Gasteiger partial charge is 0.0728 e. The van der Waals surface area contributed by atoms with Gasteiger partial charge in [0.2, 0.25) is 0 Å². The molecule has 3 saturated carbocycles. The van der Waals surface area contributed by atoms with Crippen LogP contribution in [0, 0.1) is 29.1 Å². The Morgan fingerprint density at radius 1 is 1.08 bits per heavy atom. The highest BCUT2D eigenvalue weighted by Crippen LogP contribution is 2.62. The molecule has 0 aromatic carbocycles. The highest BCUT2D eigenvalue weighted by atomic mass is 28.3. The van der Waals surface area contributed by atoms with Crippen molar-refractivity contribution in [2.75, 3.05) is 0 Å². The highest BCUT2D eigenvalue weighted by Gasteiger charge is 2.54. The lowest BCUT2D eigenvalue weighted by molar-refractivity contribution is -0.0411. The van der Waals surface area contributed by atoms with Crippen molar-refractivity contribution in [2.24, 2.45) is 29.1 Å². The fourth-order valence-electron chi connectivity index (χ4n) is 6.72. The molecule has 2 heteroatoms. The molecule has 1 nitrogen and oxygen atoms in total. The van der Waals surface area contributed by atoms with E-state index in [4.69, 9.17) is 0 Å². The van der Waals surface area contributed by atoms with Crippen molar-refractivity contribution in [3.63, 3.8) is 0 Å². The number of allylic oxidation sites excluding steroid dienone is 3. The standard InChI is InChI=1S/C23H38OSi/c1-14-7-10-18-17(11-14)20(24)12-19-15(2)22(16-8-9-16)21(25(4,5)6)13-23(18,19)3/h14,16-18,20,24H,7-13H2,1-6H3/t14?,17-,18-,20-,23-/m1/s1. The van der Waals surface area contributed by atoms with Gasteiger partial charge in [-0.05, 0) is 85.7 Å². The molecule has 1 N–H and O–H groups in total. The van der Waals surface area contributed by atoms with Crippen LogP contribution < -0.4 is 0 Å². The number of hydrogen-bond acceptors (Lipinski definition) is 1. The van der Waals surface area contributed by atoms with Gasteiger partial charge in [0.1, 0.15) is 0 Å². The third-order valence-corrected chi connectivity index (χ3v) is 10.5. The summed E-state index contributed by atoms with van der Waals surface area (Å²) in [5, 5.41) is 12.9. The molecule has 0 heterocycles. The Hall–Kier alpha value is -0.343. The highest BCUT2D eigenvalue weighted by molar-refractivity contribution is 6.83. The van der Waals surface area contributed by atoms with Crippen molar-refractivity contribution >= 4 is 8.07 Å². The van der Waals surface area contributed by atoms with Crippen LogP contribution >= 0.6 is 0 Å². The fourth-order valence-corrected chi connectivity index (χ4v) is 8.82. The third-order valence-electron chi connectivity index (χ3n) is 8.19. The van der Waals surface area contributed by atoms with Gasteiger partial charge >= 0.3 is 0 Å². The largest absolute Gasteiger partial charge is 0.392 e. The van der Waals surface area contributed by atoms with Gasteiger partial charge in [-0.15, -0.1) is 0 Å². The van der Waals surface area contributed by atoms with Gasteiger partial charge in [0.05, 0.1) is 14.2 Å². The molecule has 4 aliphatic rings. The molecule has 4 rings (SSSR count). The second kappa shape index (κ2) is 5.83. The lowest BCUT2D eigenvalue weighted by atomic mass is 9.51. The minimum Gasteiger partial charge on any atom is -0.392 e. The van der Waals surface area contributed by atoms with E-state index in [-0.39, 0.29) is 6.10 Å². The monoisotopic (exact) mass is 358 g/mol. The quantitative estimate of drug-likeness (QED) is 0.590. The van der Waals surface area contributed by atoms with Crippen LogP contribution in [0.25, 0.3) is 0 Å². The SMILES string of the molecule is CC1=C2C[C@@H](O)[C@@H]3CC(C)CC[C@H]3[C@@]2(C)CC([Si](C)(C)C)=C1C1CC1. The molecule has 0 radical (unpaired) electrons. The molecular weight excluding hydrogens is 320 g/mol. The predicted molar refractivity (Wildman–Crippen MR) is 109 cm³/mol. The van der Waals surface area contributed by atoms with E-state index in [0.717, 1.165) is 18.3 Å². The summed E-state index contributed by atoms with van der Waals surface area (Å²) >= 11 is 0. The van der Waals surface area contributed by atoms with Gasteiger partial charge in [0.25, 0.3) is 0 Å². The zero-order chi connectivity index (χ0) is 18.1. The van der Waals surface area contributed by atoms with Gasteiger partial charge in [0.15, 0.2) is 0 Å². The molecule has 0 saturated heterocycles. The minimum absolute atomic E-state index is 0.0975. The van der Waals surface area contributed by atoms with Crippen LogP contribution in [0.5, 0.6) is 0 Å². The van der Waals surface area contributed by atoms with Gasteiger partial charge in [-0.25, -0.2) is 0 Å². The van der Waals surface area contributed by atoms with E-state index in [9.17, 15) is 5.11 Å². The number of fused-ring (bicyclic) bond motifs is 3. The Morgan fingerprint density at radius 3 is 2.36 bits per heavy atom. The van der Waals surface area contributed by atoms with Crippen LogP contribution in [0.15, 0.2) is 21.9 Å². The summed E-state index contributed by atoms with van der Waals surface area (Å²) in [7, 11) is -1.31. The van der Waals surface area contributed by atoms with Crippen molar-refractivity contribution < 1.29 is 5.11 Å². The minimum atomic E-state index is -1.31. The maximum absolute atomic E-state index is 11.0. The van der Waals surface area contributed by atoms with Crippen LogP contribution in [0.3, 0.4) is 0 Å². The van der Waals surface area contributed by atoms with Gasteiger partial charge < -0.3 is 5.11 Å². The second-order valence-corrected chi connectivity index (χ2v) is 16.2. The first kappa shape index (κ1) is 18.0. The van der Waals surface area contributed by atoms with E-state index in [0.29, 0.717) is 17.3 Å². The molecule has 0 aliphatic heterocycles. The van der Waals surface area contributed by atoms with Gasteiger partial charge in [-0.1, -0.05) is 50.7 Å². The molecule has 3 fully saturated rings. The van der Waals surface area contributed by atoms with Crippen LogP contribution in [0.1, 0.15) is 65.7 Å². The molecule has 0 bridgehead atoms.